The number of carbonyl (C=O) groups is 2. The lowest BCUT2D eigenvalue weighted by atomic mass is 10.3. The van der Waals surface area contributed by atoms with Crippen LogP contribution in [0.2, 0.25) is 0 Å². The third kappa shape index (κ3) is 4.68. The number of aryl methyl sites for hydroxylation is 2. The third-order valence-corrected chi connectivity index (χ3v) is 4.61. The molecule has 0 aliphatic heterocycles. The molecular weight excluding hydrogens is 310 g/mol. The molecule has 7 heteroatoms. The van der Waals surface area contributed by atoms with Crippen molar-refractivity contribution in [2.75, 3.05) is 18.4 Å². The van der Waals surface area contributed by atoms with E-state index < -0.39 is 5.38 Å². The van der Waals surface area contributed by atoms with Crippen molar-refractivity contribution in [1.82, 2.24) is 9.88 Å². The van der Waals surface area contributed by atoms with E-state index >= 15 is 0 Å². The Bertz CT molecular complexity index is 521. The lowest BCUT2D eigenvalue weighted by Gasteiger charge is -2.23. The maximum atomic E-state index is 12.1. The largest absolute Gasteiger partial charge is 0.332 e. The van der Waals surface area contributed by atoms with Gasteiger partial charge in [0.1, 0.15) is 5.38 Å². The second-order valence-corrected chi connectivity index (χ2v) is 7.34. The number of carbonyl (C=O) groups excluding carboxylic acids is 2. The molecule has 0 spiro atoms. The van der Waals surface area contributed by atoms with Crippen molar-refractivity contribution < 1.29 is 9.59 Å². The Morgan fingerprint density at radius 1 is 1.48 bits per heavy atom. The van der Waals surface area contributed by atoms with Crippen LogP contribution in [0.1, 0.15) is 30.3 Å². The average Bonchev–Trinajstić information content (AvgIpc) is 3.14. The first-order chi connectivity index (χ1) is 9.86. The fraction of sp³-hybridized carbons (Fsp3) is 0.643. The summed E-state index contributed by atoms with van der Waals surface area (Å²) in [6.07, 6.45) is 2.24. The Morgan fingerprint density at radius 3 is 2.62 bits per heavy atom. The van der Waals surface area contributed by atoms with Gasteiger partial charge in [0.2, 0.25) is 11.8 Å². The molecule has 21 heavy (non-hydrogen) atoms. The molecule has 1 aromatic rings. The second-order valence-electron chi connectivity index (χ2n) is 5.49. The van der Waals surface area contributed by atoms with E-state index in [0.717, 1.165) is 23.4 Å². The van der Waals surface area contributed by atoms with Gasteiger partial charge in [-0.25, -0.2) is 4.98 Å². The molecule has 2 amide bonds. The Kier molecular flexibility index (Phi) is 5.22. The van der Waals surface area contributed by atoms with Crippen LogP contribution in [-0.2, 0) is 9.59 Å². The smallest absolute Gasteiger partial charge is 0.245 e. The van der Waals surface area contributed by atoms with Crippen molar-refractivity contribution in [2.45, 2.75) is 39.0 Å². The van der Waals surface area contributed by atoms with Crippen LogP contribution in [0.15, 0.2) is 0 Å². The Morgan fingerprint density at radius 2 is 2.14 bits per heavy atom. The van der Waals surface area contributed by atoms with Gasteiger partial charge in [-0.1, -0.05) is 0 Å². The number of halogens is 1. The number of hydrogen-bond donors (Lipinski definition) is 1. The van der Waals surface area contributed by atoms with E-state index in [1.165, 1.54) is 11.3 Å². The molecule has 0 radical (unpaired) electrons. The van der Waals surface area contributed by atoms with Gasteiger partial charge >= 0.3 is 0 Å². The Hall–Kier alpha value is -1.14. The van der Waals surface area contributed by atoms with Crippen LogP contribution in [-0.4, -0.2) is 40.2 Å². The molecule has 1 unspecified atom stereocenters. The summed E-state index contributed by atoms with van der Waals surface area (Å²) >= 11 is 7.30. The number of nitrogens with one attached hydrogen (secondary N) is 1. The van der Waals surface area contributed by atoms with Crippen molar-refractivity contribution in [1.29, 1.82) is 0 Å². The van der Waals surface area contributed by atoms with E-state index in [2.05, 4.69) is 10.3 Å². The zero-order valence-electron chi connectivity index (χ0n) is 12.5. The van der Waals surface area contributed by atoms with Crippen LogP contribution in [0.5, 0.6) is 0 Å². The molecule has 116 valence electrons. The van der Waals surface area contributed by atoms with Gasteiger partial charge < -0.3 is 10.2 Å². The zero-order chi connectivity index (χ0) is 15.6. The quantitative estimate of drug-likeness (QED) is 0.816. The highest BCUT2D eigenvalue weighted by Crippen LogP contribution is 2.30. The van der Waals surface area contributed by atoms with Gasteiger partial charge in [-0.3, -0.25) is 9.59 Å². The SMILES string of the molecule is Cc1nc(NC(=O)CN(CC2CC2)C(=O)C(C)Cl)sc1C. The van der Waals surface area contributed by atoms with Crippen molar-refractivity contribution in [3.8, 4) is 0 Å². The third-order valence-electron chi connectivity index (χ3n) is 3.44. The molecule has 1 aliphatic carbocycles. The van der Waals surface area contributed by atoms with E-state index in [4.69, 9.17) is 11.6 Å². The molecule has 0 bridgehead atoms. The molecular formula is C14H20ClN3O2S. The average molecular weight is 330 g/mol. The summed E-state index contributed by atoms with van der Waals surface area (Å²) in [7, 11) is 0. The highest BCUT2D eigenvalue weighted by atomic mass is 35.5. The number of nitrogens with zero attached hydrogens (tertiary/aromatic N) is 2. The van der Waals surface area contributed by atoms with Gasteiger partial charge in [0.25, 0.3) is 0 Å². The van der Waals surface area contributed by atoms with E-state index in [1.807, 2.05) is 13.8 Å². The fourth-order valence-corrected chi connectivity index (χ4v) is 2.92. The van der Waals surface area contributed by atoms with Gasteiger partial charge in [0, 0.05) is 11.4 Å². The molecule has 1 aliphatic rings. The number of hydrogen-bond acceptors (Lipinski definition) is 4. The predicted octanol–water partition coefficient (Wildman–Crippen LogP) is 2.56. The molecule has 1 N–H and O–H groups in total. The first-order valence-corrected chi connectivity index (χ1v) is 8.29. The molecule has 0 aromatic carbocycles. The summed E-state index contributed by atoms with van der Waals surface area (Å²) in [5.41, 5.74) is 0.913. The van der Waals surface area contributed by atoms with Gasteiger partial charge in [-0.15, -0.1) is 22.9 Å². The van der Waals surface area contributed by atoms with Crippen LogP contribution >= 0.6 is 22.9 Å². The molecule has 2 rings (SSSR count). The van der Waals surface area contributed by atoms with E-state index in [-0.39, 0.29) is 18.4 Å². The minimum atomic E-state index is -0.610. The van der Waals surface area contributed by atoms with Gasteiger partial charge in [-0.2, -0.15) is 0 Å². The summed E-state index contributed by atoms with van der Waals surface area (Å²) in [5.74, 6) is 0.0989. The maximum absolute atomic E-state index is 12.1. The molecule has 0 saturated heterocycles. The van der Waals surface area contributed by atoms with E-state index in [1.54, 1.807) is 11.8 Å². The summed E-state index contributed by atoms with van der Waals surface area (Å²) in [4.78, 5) is 31.0. The minimum absolute atomic E-state index is 0.0318. The van der Waals surface area contributed by atoms with E-state index in [9.17, 15) is 9.59 Å². The number of thiazole rings is 1. The van der Waals surface area contributed by atoms with Crippen LogP contribution in [0.25, 0.3) is 0 Å². The molecule has 1 atom stereocenters. The van der Waals surface area contributed by atoms with Crippen molar-refractivity contribution >= 4 is 39.9 Å². The number of amides is 2. The monoisotopic (exact) mass is 329 g/mol. The molecule has 1 aromatic heterocycles. The van der Waals surface area contributed by atoms with Gasteiger partial charge in [0.05, 0.1) is 12.2 Å². The number of rotatable bonds is 6. The minimum Gasteiger partial charge on any atom is -0.332 e. The van der Waals surface area contributed by atoms with Crippen molar-refractivity contribution in [3.63, 3.8) is 0 Å². The van der Waals surface area contributed by atoms with Crippen LogP contribution < -0.4 is 5.32 Å². The van der Waals surface area contributed by atoms with Crippen LogP contribution in [0, 0.1) is 19.8 Å². The zero-order valence-corrected chi connectivity index (χ0v) is 14.1. The molecule has 5 nitrogen and oxygen atoms in total. The maximum Gasteiger partial charge on any atom is 0.245 e. The topological polar surface area (TPSA) is 62.3 Å². The summed E-state index contributed by atoms with van der Waals surface area (Å²) in [6.45, 7) is 6.14. The summed E-state index contributed by atoms with van der Waals surface area (Å²) in [5, 5.41) is 2.72. The molecule has 1 heterocycles. The molecule has 1 saturated carbocycles. The number of alkyl halides is 1. The fourth-order valence-electron chi connectivity index (χ4n) is 1.95. The number of aromatic nitrogens is 1. The highest BCUT2D eigenvalue weighted by molar-refractivity contribution is 7.15. The summed E-state index contributed by atoms with van der Waals surface area (Å²) in [6, 6.07) is 0. The highest BCUT2D eigenvalue weighted by Gasteiger charge is 2.29. The van der Waals surface area contributed by atoms with Gasteiger partial charge in [-0.05, 0) is 39.5 Å². The second kappa shape index (κ2) is 6.75. The van der Waals surface area contributed by atoms with Crippen LogP contribution in [0.4, 0.5) is 5.13 Å². The van der Waals surface area contributed by atoms with Gasteiger partial charge in [0.15, 0.2) is 5.13 Å². The first kappa shape index (κ1) is 16.2. The first-order valence-electron chi connectivity index (χ1n) is 7.03. The predicted molar refractivity (Wildman–Crippen MR) is 84.8 cm³/mol. The standard InChI is InChI=1S/C14H20ClN3O2S/c1-8(15)13(20)18(6-11-4-5-11)7-12(19)17-14-16-9(2)10(3)21-14/h8,11H,4-7H2,1-3H3,(H,16,17,19). The van der Waals surface area contributed by atoms with Crippen molar-refractivity contribution in [3.05, 3.63) is 10.6 Å². The Balaban J connectivity index is 1.94. The van der Waals surface area contributed by atoms with Crippen LogP contribution in [0.3, 0.4) is 0 Å². The lowest BCUT2D eigenvalue weighted by molar-refractivity contribution is -0.134. The molecule has 1 fully saturated rings. The summed E-state index contributed by atoms with van der Waals surface area (Å²) < 4.78 is 0. The number of anilines is 1. The Labute approximate surface area is 133 Å². The lowest BCUT2D eigenvalue weighted by Crippen LogP contribution is -2.42. The normalized spacial score (nSPS) is 15.6. The van der Waals surface area contributed by atoms with Crippen molar-refractivity contribution in [2.24, 2.45) is 5.92 Å². The van der Waals surface area contributed by atoms with E-state index in [0.29, 0.717) is 17.6 Å².